The van der Waals surface area contributed by atoms with Crippen molar-refractivity contribution in [1.29, 1.82) is 0 Å². The summed E-state index contributed by atoms with van der Waals surface area (Å²) >= 11 is 0. The average Bonchev–Trinajstić information content (AvgIpc) is 2.74. The maximum absolute atomic E-state index is 12.2. The van der Waals surface area contributed by atoms with Crippen molar-refractivity contribution >= 4 is 13.1 Å². The van der Waals surface area contributed by atoms with Gasteiger partial charge in [-0.15, -0.1) is 0 Å². The summed E-state index contributed by atoms with van der Waals surface area (Å²) in [7, 11) is -0.304. The van der Waals surface area contributed by atoms with Crippen LogP contribution in [0.5, 0.6) is 0 Å². The van der Waals surface area contributed by atoms with E-state index in [0.29, 0.717) is 12.8 Å². The summed E-state index contributed by atoms with van der Waals surface area (Å²) in [6.45, 7) is 13.9. The van der Waals surface area contributed by atoms with Crippen molar-refractivity contribution in [3.05, 3.63) is 35.9 Å². The van der Waals surface area contributed by atoms with Crippen LogP contribution in [0.15, 0.2) is 30.3 Å². The summed E-state index contributed by atoms with van der Waals surface area (Å²) in [5, 5.41) is 0. The Hall–Kier alpha value is -1.33. The predicted molar refractivity (Wildman–Crippen MR) is 110 cm³/mol. The molecular weight excluding hydrogens is 339 g/mol. The number of benzene rings is 1. The summed E-state index contributed by atoms with van der Waals surface area (Å²) in [6, 6.07) is 10.4. The van der Waals surface area contributed by atoms with E-state index in [1.54, 1.807) is 0 Å². The molecule has 1 fully saturated rings. The van der Waals surface area contributed by atoms with Gasteiger partial charge in [-0.2, -0.15) is 0 Å². The lowest BCUT2D eigenvalue weighted by Crippen LogP contribution is -2.41. The normalized spacial score (nSPS) is 19.7. The molecule has 0 aromatic heterocycles. The number of aryl methyl sites for hydroxylation is 1. The first-order valence-corrected chi connectivity index (χ1v) is 10.0. The van der Waals surface area contributed by atoms with Crippen LogP contribution in [0.25, 0.3) is 0 Å². The SMILES string of the molecule is CC(C)(C)OC(=O)CCC(CCc1ccccc1)B1OC(C)(C)C(C)(C)O1. The Kier molecular flexibility index (Phi) is 6.80. The van der Waals surface area contributed by atoms with E-state index in [9.17, 15) is 4.79 Å². The van der Waals surface area contributed by atoms with Gasteiger partial charge in [0.15, 0.2) is 0 Å². The fraction of sp³-hybridized carbons (Fsp3) is 0.682. The minimum atomic E-state index is -0.457. The number of carbonyl (C=O) groups is 1. The minimum Gasteiger partial charge on any atom is -0.460 e. The van der Waals surface area contributed by atoms with Gasteiger partial charge >= 0.3 is 13.1 Å². The molecule has 2 rings (SSSR count). The standard InChI is InChI=1S/C22H35BO4/c1-20(2,3)25-19(24)16-15-18(14-13-17-11-9-8-10-12-17)23-26-21(4,5)22(6,7)27-23/h8-12,18H,13-16H2,1-7H3. The van der Waals surface area contributed by atoms with Gasteiger partial charge in [0.1, 0.15) is 5.60 Å². The molecule has 0 amide bonds. The van der Waals surface area contributed by atoms with Crippen molar-refractivity contribution in [1.82, 2.24) is 0 Å². The second-order valence-corrected chi connectivity index (χ2v) is 9.53. The number of carbonyl (C=O) groups excluding carboxylic acids is 1. The Morgan fingerprint density at radius 1 is 1.04 bits per heavy atom. The van der Waals surface area contributed by atoms with Crippen molar-refractivity contribution in [2.45, 2.75) is 96.8 Å². The topological polar surface area (TPSA) is 44.8 Å². The molecule has 5 heteroatoms. The molecular formula is C22H35BO4. The lowest BCUT2D eigenvalue weighted by molar-refractivity contribution is -0.154. The molecule has 1 aromatic rings. The summed E-state index contributed by atoms with van der Waals surface area (Å²) in [6.07, 6.45) is 2.91. The average molecular weight is 374 g/mol. The molecule has 0 bridgehead atoms. The van der Waals surface area contributed by atoms with Crippen molar-refractivity contribution in [3.8, 4) is 0 Å². The van der Waals surface area contributed by atoms with Crippen molar-refractivity contribution in [3.63, 3.8) is 0 Å². The molecule has 0 N–H and O–H groups in total. The van der Waals surface area contributed by atoms with Gasteiger partial charge in [0.05, 0.1) is 11.2 Å². The van der Waals surface area contributed by atoms with Crippen molar-refractivity contribution < 1.29 is 18.8 Å². The highest BCUT2D eigenvalue weighted by Crippen LogP contribution is 2.42. The van der Waals surface area contributed by atoms with E-state index in [1.807, 2.05) is 26.8 Å². The number of hydrogen-bond acceptors (Lipinski definition) is 4. The van der Waals surface area contributed by atoms with Crippen LogP contribution in [0.3, 0.4) is 0 Å². The number of rotatable bonds is 7. The van der Waals surface area contributed by atoms with Gasteiger partial charge in [0.2, 0.25) is 0 Å². The molecule has 1 aromatic carbocycles. The maximum Gasteiger partial charge on any atom is 0.461 e. The lowest BCUT2D eigenvalue weighted by Gasteiger charge is -2.32. The number of esters is 1. The van der Waals surface area contributed by atoms with Gasteiger partial charge in [-0.05, 0) is 79.1 Å². The van der Waals surface area contributed by atoms with E-state index in [4.69, 9.17) is 14.0 Å². The molecule has 1 heterocycles. The summed E-state index contributed by atoms with van der Waals surface area (Å²) in [5.41, 5.74) is 0.0979. The Balaban J connectivity index is 2.03. The summed E-state index contributed by atoms with van der Waals surface area (Å²) < 4.78 is 18.0. The zero-order valence-corrected chi connectivity index (χ0v) is 18.0. The fourth-order valence-corrected chi connectivity index (χ4v) is 3.19. The van der Waals surface area contributed by atoms with Crippen LogP contribution >= 0.6 is 0 Å². The Bertz CT molecular complexity index is 603. The van der Waals surface area contributed by atoms with E-state index >= 15 is 0 Å². The van der Waals surface area contributed by atoms with Gasteiger partial charge < -0.3 is 14.0 Å². The van der Waals surface area contributed by atoms with Gasteiger partial charge in [0, 0.05) is 6.42 Å². The number of ether oxygens (including phenoxy) is 1. The van der Waals surface area contributed by atoms with E-state index in [1.165, 1.54) is 5.56 Å². The monoisotopic (exact) mass is 374 g/mol. The molecule has 1 aliphatic heterocycles. The minimum absolute atomic E-state index is 0.138. The van der Waals surface area contributed by atoms with Crippen molar-refractivity contribution in [2.24, 2.45) is 0 Å². The molecule has 4 nitrogen and oxygen atoms in total. The second kappa shape index (κ2) is 8.36. The number of hydrogen-bond donors (Lipinski definition) is 0. The molecule has 1 aliphatic rings. The molecule has 0 aliphatic carbocycles. The lowest BCUT2D eigenvalue weighted by atomic mass is 9.66. The second-order valence-electron chi connectivity index (χ2n) is 9.53. The van der Waals surface area contributed by atoms with Crippen molar-refractivity contribution in [2.75, 3.05) is 0 Å². The van der Waals surface area contributed by atoms with Gasteiger partial charge in [0.25, 0.3) is 0 Å². The third-order valence-corrected chi connectivity index (χ3v) is 5.44. The highest BCUT2D eigenvalue weighted by atomic mass is 16.7. The van der Waals surface area contributed by atoms with Crippen LogP contribution in [0.4, 0.5) is 0 Å². The quantitative estimate of drug-likeness (QED) is 0.486. The van der Waals surface area contributed by atoms with Gasteiger partial charge in [-0.3, -0.25) is 4.79 Å². The largest absolute Gasteiger partial charge is 0.461 e. The first kappa shape index (κ1) is 22.0. The van der Waals surface area contributed by atoms with Crippen LogP contribution in [-0.4, -0.2) is 29.9 Å². The Labute approximate surface area is 165 Å². The zero-order chi connectivity index (χ0) is 20.3. The Morgan fingerprint density at radius 3 is 2.11 bits per heavy atom. The molecule has 0 radical (unpaired) electrons. The molecule has 150 valence electrons. The molecule has 1 atom stereocenters. The summed E-state index contributed by atoms with van der Waals surface area (Å²) in [4.78, 5) is 12.2. The molecule has 1 unspecified atom stereocenters. The Morgan fingerprint density at radius 2 is 1.59 bits per heavy atom. The fourth-order valence-electron chi connectivity index (χ4n) is 3.19. The predicted octanol–water partition coefficient (Wildman–Crippen LogP) is 5.20. The third-order valence-electron chi connectivity index (χ3n) is 5.44. The molecule has 0 spiro atoms. The van der Waals surface area contributed by atoms with E-state index < -0.39 is 5.60 Å². The summed E-state index contributed by atoms with van der Waals surface area (Å²) in [5.74, 6) is -0.0255. The molecule has 1 saturated heterocycles. The van der Waals surface area contributed by atoms with Crippen LogP contribution in [0.1, 0.15) is 73.3 Å². The van der Waals surface area contributed by atoms with Gasteiger partial charge in [-0.25, -0.2) is 0 Å². The van der Waals surface area contributed by atoms with E-state index in [-0.39, 0.29) is 30.1 Å². The van der Waals surface area contributed by atoms with Crippen LogP contribution in [0.2, 0.25) is 5.82 Å². The zero-order valence-electron chi connectivity index (χ0n) is 18.0. The third kappa shape index (κ3) is 6.36. The first-order chi connectivity index (χ1) is 12.4. The van der Waals surface area contributed by atoms with Crippen LogP contribution in [-0.2, 0) is 25.3 Å². The van der Waals surface area contributed by atoms with E-state index in [2.05, 4.69) is 52.0 Å². The van der Waals surface area contributed by atoms with Crippen LogP contribution < -0.4 is 0 Å². The van der Waals surface area contributed by atoms with Gasteiger partial charge in [-0.1, -0.05) is 30.3 Å². The highest BCUT2D eigenvalue weighted by molar-refractivity contribution is 6.47. The highest BCUT2D eigenvalue weighted by Gasteiger charge is 2.53. The smallest absolute Gasteiger partial charge is 0.460 e. The van der Waals surface area contributed by atoms with Crippen LogP contribution in [0, 0.1) is 0 Å². The maximum atomic E-state index is 12.2. The molecule has 0 saturated carbocycles. The first-order valence-electron chi connectivity index (χ1n) is 10.0. The van der Waals surface area contributed by atoms with E-state index in [0.717, 1.165) is 12.8 Å². The molecule has 27 heavy (non-hydrogen) atoms.